The fourth-order valence-electron chi connectivity index (χ4n) is 1.83. The summed E-state index contributed by atoms with van der Waals surface area (Å²) >= 11 is 0. The van der Waals surface area contributed by atoms with Gasteiger partial charge in [-0.2, -0.15) is 4.39 Å². The highest BCUT2D eigenvalue weighted by atomic mass is 19.1. The van der Waals surface area contributed by atoms with Crippen molar-refractivity contribution in [2.24, 2.45) is 0 Å². The first kappa shape index (κ1) is 14.6. The molecule has 2 aromatic carbocycles. The van der Waals surface area contributed by atoms with Crippen molar-refractivity contribution in [1.82, 2.24) is 0 Å². The lowest BCUT2D eigenvalue weighted by molar-refractivity contribution is -0.387. The molecule has 0 saturated carbocycles. The van der Waals surface area contributed by atoms with E-state index in [9.17, 15) is 19.3 Å². The molecular weight excluding hydrogens is 275 g/mol. The lowest BCUT2D eigenvalue weighted by Crippen LogP contribution is -2.12. The van der Waals surface area contributed by atoms with E-state index in [1.807, 2.05) is 19.1 Å². The van der Waals surface area contributed by atoms with Crippen molar-refractivity contribution in [2.75, 3.05) is 5.32 Å². The lowest BCUT2D eigenvalue weighted by Gasteiger charge is -2.06. The van der Waals surface area contributed by atoms with Crippen LogP contribution in [0.4, 0.5) is 15.8 Å². The molecule has 1 N–H and O–H groups in total. The summed E-state index contributed by atoms with van der Waals surface area (Å²) in [5, 5.41) is 13.2. The summed E-state index contributed by atoms with van der Waals surface area (Å²) in [4.78, 5) is 21.8. The SMILES string of the molecule is CCc1ccc(C(=O)Nc2ccc(F)c([N+](=O)[O-])c2)cc1. The number of anilines is 1. The van der Waals surface area contributed by atoms with Crippen molar-refractivity contribution in [3.8, 4) is 0 Å². The van der Waals surface area contributed by atoms with Crippen LogP contribution >= 0.6 is 0 Å². The van der Waals surface area contributed by atoms with Crippen LogP contribution in [0, 0.1) is 15.9 Å². The Bertz CT molecular complexity index is 684. The van der Waals surface area contributed by atoms with E-state index in [-0.39, 0.29) is 5.69 Å². The number of aryl methyl sites for hydroxylation is 1. The third-order valence-electron chi connectivity index (χ3n) is 3.03. The van der Waals surface area contributed by atoms with Crippen molar-refractivity contribution in [1.29, 1.82) is 0 Å². The Labute approximate surface area is 120 Å². The van der Waals surface area contributed by atoms with Crippen LogP contribution in [0.2, 0.25) is 0 Å². The second kappa shape index (κ2) is 6.13. The standard InChI is InChI=1S/C15H13FN2O3/c1-2-10-3-5-11(6-4-10)15(19)17-12-7-8-13(16)14(9-12)18(20)21/h3-9H,2H2,1H3,(H,17,19). The monoisotopic (exact) mass is 288 g/mol. The van der Waals surface area contributed by atoms with Crippen LogP contribution in [0.5, 0.6) is 0 Å². The van der Waals surface area contributed by atoms with Crippen molar-refractivity contribution in [2.45, 2.75) is 13.3 Å². The molecule has 21 heavy (non-hydrogen) atoms. The number of halogens is 1. The van der Waals surface area contributed by atoms with Crippen LogP contribution in [0.25, 0.3) is 0 Å². The molecule has 108 valence electrons. The van der Waals surface area contributed by atoms with E-state index in [1.54, 1.807) is 12.1 Å². The van der Waals surface area contributed by atoms with Crippen molar-refractivity contribution < 1.29 is 14.1 Å². The van der Waals surface area contributed by atoms with E-state index in [0.29, 0.717) is 5.56 Å². The average Bonchev–Trinajstić information content (AvgIpc) is 2.49. The molecule has 6 heteroatoms. The van der Waals surface area contributed by atoms with Gasteiger partial charge in [0.2, 0.25) is 5.82 Å². The van der Waals surface area contributed by atoms with E-state index >= 15 is 0 Å². The van der Waals surface area contributed by atoms with Gasteiger partial charge in [-0.1, -0.05) is 19.1 Å². The smallest absolute Gasteiger partial charge is 0.306 e. The summed E-state index contributed by atoms with van der Waals surface area (Å²) in [6.07, 6.45) is 0.867. The van der Waals surface area contributed by atoms with E-state index < -0.39 is 22.3 Å². The zero-order valence-electron chi connectivity index (χ0n) is 11.3. The molecule has 2 rings (SSSR count). The quantitative estimate of drug-likeness (QED) is 0.690. The third-order valence-corrected chi connectivity index (χ3v) is 3.03. The van der Waals surface area contributed by atoms with Crippen LogP contribution in [0.3, 0.4) is 0 Å². The topological polar surface area (TPSA) is 72.2 Å². The van der Waals surface area contributed by atoms with Crippen molar-refractivity contribution in [3.05, 3.63) is 69.5 Å². The number of nitro groups is 1. The largest absolute Gasteiger partial charge is 0.322 e. The van der Waals surface area contributed by atoms with Gasteiger partial charge in [-0.3, -0.25) is 14.9 Å². The second-order valence-electron chi connectivity index (χ2n) is 4.43. The van der Waals surface area contributed by atoms with Gasteiger partial charge in [0, 0.05) is 17.3 Å². The number of hydrogen-bond acceptors (Lipinski definition) is 3. The highest BCUT2D eigenvalue weighted by molar-refractivity contribution is 6.04. The summed E-state index contributed by atoms with van der Waals surface area (Å²) < 4.78 is 13.2. The van der Waals surface area contributed by atoms with E-state index in [0.717, 1.165) is 24.1 Å². The van der Waals surface area contributed by atoms with Gasteiger partial charge in [0.15, 0.2) is 0 Å². The maximum Gasteiger partial charge on any atom is 0.306 e. The molecule has 2 aromatic rings. The summed E-state index contributed by atoms with van der Waals surface area (Å²) in [7, 11) is 0. The van der Waals surface area contributed by atoms with Gasteiger partial charge in [-0.25, -0.2) is 0 Å². The van der Waals surface area contributed by atoms with Gasteiger partial charge in [0.25, 0.3) is 5.91 Å². The minimum atomic E-state index is -0.940. The first-order valence-electron chi connectivity index (χ1n) is 6.35. The number of nitro benzene ring substituents is 1. The minimum absolute atomic E-state index is 0.174. The molecule has 0 spiro atoms. The van der Waals surface area contributed by atoms with E-state index in [2.05, 4.69) is 5.32 Å². The van der Waals surface area contributed by atoms with Gasteiger partial charge in [-0.15, -0.1) is 0 Å². The van der Waals surface area contributed by atoms with E-state index in [4.69, 9.17) is 0 Å². The van der Waals surface area contributed by atoms with Gasteiger partial charge in [-0.05, 0) is 36.2 Å². The lowest BCUT2D eigenvalue weighted by atomic mass is 10.1. The average molecular weight is 288 g/mol. The molecule has 0 atom stereocenters. The van der Waals surface area contributed by atoms with Gasteiger partial charge in [0.1, 0.15) is 0 Å². The van der Waals surface area contributed by atoms with Gasteiger partial charge < -0.3 is 5.32 Å². The Kier molecular flexibility index (Phi) is 4.27. The highest BCUT2D eigenvalue weighted by Gasteiger charge is 2.15. The first-order valence-corrected chi connectivity index (χ1v) is 6.35. The Morgan fingerprint density at radius 3 is 2.48 bits per heavy atom. The number of nitrogens with zero attached hydrogens (tertiary/aromatic N) is 1. The summed E-state index contributed by atoms with van der Waals surface area (Å²) in [6, 6.07) is 10.2. The highest BCUT2D eigenvalue weighted by Crippen LogP contribution is 2.22. The van der Waals surface area contributed by atoms with Crippen LogP contribution in [0.15, 0.2) is 42.5 Å². The third kappa shape index (κ3) is 3.42. The van der Waals surface area contributed by atoms with Crippen LogP contribution < -0.4 is 5.32 Å². The fraction of sp³-hybridized carbons (Fsp3) is 0.133. The maximum atomic E-state index is 13.2. The Morgan fingerprint density at radius 2 is 1.90 bits per heavy atom. The van der Waals surface area contributed by atoms with Gasteiger partial charge in [0.05, 0.1) is 4.92 Å². The Balaban J connectivity index is 2.19. The zero-order valence-corrected chi connectivity index (χ0v) is 11.3. The van der Waals surface area contributed by atoms with Gasteiger partial charge >= 0.3 is 5.69 Å². The van der Waals surface area contributed by atoms with Crippen LogP contribution in [0.1, 0.15) is 22.8 Å². The first-order chi connectivity index (χ1) is 10.0. The number of benzene rings is 2. The Morgan fingerprint density at radius 1 is 1.24 bits per heavy atom. The normalized spacial score (nSPS) is 10.2. The van der Waals surface area contributed by atoms with Crippen LogP contribution in [-0.2, 0) is 6.42 Å². The summed E-state index contributed by atoms with van der Waals surface area (Å²) in [6.45, 7) is 2.01. The molecule has 0 aromatic heterocycles. The minimum Gasteiger partial charge on any atom is -0.322 e. The fourth-order valence-corrected chi connectivity index (χ4v) is 1.83. The van der Waals surface area contributed by atoms with Crippen LogP contribution in [-0.4, -0.2) is 10.8 Å². The molecule has 0 fully saturated rings. The molecule has 1 amide bonds. The number of hydrogen-bond donors (Lipinski definition) is 1. The van der Waals surface area contributed by atoms with E-state index in [1.165, 1.54) is 6.07 Å². The molecular formula is C15H13FN2O3. The number of carbonyl (C=O) groups excluding carboxylic acids is 1. The zero-order chi connectivity index (χ0) is 15.4. The number of carbonyl (C=O) groups is 1. The Hall–Kier alpha value is -2.76. The molecule has 0 aliphatic rings. The maximum absolute atomic E-state index is 13.2. The number of rotatable bonds is 4. The predicted molar refractivity (Wildman–Crippen MR) is 76.8 cm³/mol. The molecule has 0 bridgehead atoms. The molecule has 0 aliphatic heterocycles. The molecule has 0 heterocycles. The molecule has 0 radical (unpaired) electrons. The molecule has 0 saturated heterocycles. The molecule has 0 unspecified atom stereocenters. The number of amides is 1. The summed E-state index contributed by atoms with van der Waals surface area (Å²) in [5.74, 6) is -1.34. The predicted octanol–water partition coefficient (Wildman–Crippen LogP) is 3.55. The summed E-state index contributed by atoms with van der Waals surface area (Å²) in [5.41, 5.74) is 1.03. The second-order valence-corrected chi connectivity index (χ2v) is 4.43. The number of nitrogens with one attached hydrogen (secondary N) is 1. The molecule has 0 aliphatic carbocycles. The molecule has 5 nitrogen and oxygen atoms in total. The van der Waals surface area contributed by atoms with Crippen molar-refractivity contribution in [3.63, 3.8) is 0 Å². The van der Waals surface area contributed by atoms with Crippen molar-refractivity contribution >= 4 is 17.3 Å².